The van der Waals surface area contributed by atoms with Crippen molar-refractivity contribution in [3.8, 4) is 0 Å². The standard InChI is InChI=1S/C17H17NO3/c19-16(18-8-7-10-3-1-2-4-13(10)18)14-11-5-6-12(9-11)15(14)17(20)21/h1-6,11-12,14-15H,7-9H2,(H,20,21)/t11-,12-,14-,15-/m0/s1. The van der Waals surface area contributed by atoms with Gasteiger partial charge in [-0.25, -0.2) is 0 Å². The Bertz CT molecular complexity index is 651. The van der Waals surface area contributed by atoms with E-state index in [9.17, 15) is 14.7 Å². The van der Waals surface area contributed by atoms with Crippen LogP contribution in [-0.4, -0.2) is 23.5 Å². The minimum atomic E-state index is -0.835. The van der Waals surface area contributed by atoms with Crippen molar-refractivity contribution in [1.82, 2.24) is 0 Å². The number of rotatable bonds is 2. The van der Waals surface area contributed by atoms with Crippen molar-refractivity contribution >= 4 is 17.6 Å². The number of carboxylic acids is 1. The zero-order valence-corrected chi connectivity index (χ0v) is 11.6. The molecule has 2 aliphatic carbocycles. The van der Waals surface area contributed by atoms with E-state index >= 15 is 0 Å². The van der Waals surface area contributed by atoms with Gasteiger partial charge in [-0.1, -0.05) is 30.4 Å². The number of para-hydroxylation sites is 1. The van der Waals surface area contributed by atoms with Crippen LogP contribution in [0, 0.1) is 23.7 Å². The lowest BCUT2D eigenvalue weighted by molar-refractivity contribution is -0.147. The van der Waals surface area contributed by atoms with E-state index in [1.807, 2.05) is 36.4 Å². The molecule has 1 aliphatic heterocycles. The zero-order chi connectivity index (χ0) is 14.6. The summed E-state index contributed by atoms with van der Waals surface area (Å²) in [5.41, 5.74) is 2.13. The van der Waals surface area contributed by atoms with Crippen LogP contribution in [-0.2, 0) is 16.0 Å². The summed E-state index contributed by atoms with van der Waals surface area (Å²) in [6.07, 6.45) is 5.68. The number of aliphatic carboxylic acids is 1. The average Bonchev–Trinajstić information content (AvgIpc) is 3.19. The highest BCUT2D eigenvalue weighted by Gasteiger charge is 2.53. The lowest BCUT2D eigenvalue weighted by Gasteiger charge is -2.28. The predicted octanol–water partition coefficient (Wildman–Crippen LogP) is 2.10. The topological polar surface area (TPSA) is 57.6 Å². The normalized spacial score (nSPS) is 32.5. The van der Waals surface area contributed by atoms with Gasteiger partial charge in [0.05, 0.1) is 11.8 Å². The molecule has 3 aliphatic rings. The number of carbonyl (C=O) groups is 2. The summed E-state index contributed by atoms with van der Waals surface area (Å²) in [5.74, 6) is -1.68. The Labute approximate surface area is 123 Å². The lowest BCUT2D eigenvalue weighted by atomic mass is 9.82. The molecule has 1 amide bonds. The minimum absolute atomic E-state index is 0.01000. The van der Waals surface area contributed by atoms with Crippen molar-refractivity contribution in [2.45, 2.75) is 12.8 Å². The van der Waals surface area contributed by atoms with Crippen LogP contribution in [0.15, 0.2) is 36.4 Å². The third-order valence-electron chi connectivity index (χ3n) is 5.18. The summed E-state index contributed by atoms with van der Waals surface area (Å²) in [5, 5.41) is 9.49. The fraction of sp³-hybridized carbons (Fsp3) is 0.412. The molecule has 1 fully saturated rings. The Balaban J connectivity index is 1.67. The molecule has 4 nitrogen and oxygen atoms in total. The molecular weight excluding hydrogens is 266 g/mol. The molecule has 4 rings (SSSR count). The van der Waals surface area contributed by atoms with Crippen molar-refractivity contribution in [2.24, 2.45) is 23.7 Å². The van der Waals surface area contributed by atoms with Gasteiger partial charge in [0, 0.05) is 12.2 Å². The lowest BCUT2D eigenvalue weighted by Crippen LogP contribution is -2.42. The van der Waals surface area contributed by atoms with Gasteiger partial charge in [-0.2, -0.15) is 0 Å². The van der Waals surface area contributed by atoms with E-state index in [4.69, 9.17) is 0 Å². The van der Waals surface area contributed by atoms with Crippen LogP contribution in [0.1, 0.15) is 12.0 Å². The van der Waals surface area contributed by atoms with E-state index in [1.165, 1.54) is 5.56 Å². The van der Waals surface area contributed by atoms with E-state index in [0.29, 0.717) is 6.54 Å². The number of benzene rings is 1. The summed E-state index contributed by atoms with van der Waals surface area (Å²) in [4.78, 5) is 26.3. The molecule has 1 aromatic rings. The van der Waals surface area contributed by atoms with Crippen molar-refractivity contribution in [1.29, 1.82) is 0 Å². The summed E-state index contributed by atoms with van der Waals surface area (Å²) in [7, 11) is 0. The molecule has 108 valence electrons. The van der Waals surface area contributed by atoms with Crippen LogP contribution in [0.25, 0.3) is 0 Å². The van der Waals surface area contributed by atoms with Crippen LogP contribution < -0.4 is 4.90 Å². The Kier molecular flexibility index (Phi) is 2.67. The maximum atomic E-state index is 12.9. The van der Waals surface area contributed by atoms with Gasteiger partial charge in [0.1, 0.15) is 0 Å². The monoisotopic (exact) mass is 283 g/mol. The fourth-order valence-corrected chi connectivity index (χ4v) is 4.24. The van der Waals surface area contributed by atoms with Crippen molar-refractivity contribution in [3.63, 3.8) is 0 Å². The third-order valence-corrected chi connectivity index (χ3v) is 5.18. The Morgan fingerprint density at radius 1 is 1.10 bits per heavy atom. The first-order valence-electron chi connectivity index (χ1n) is 7.47. The first-order chi connectivity index (χ1) is 10.2. The van der Waals surface area contributed by atoms with Crippen molar-refractivity contribution in [2.75, 3.05) is 11.4 Å². The second-order valence-electron chi connectivity index (χ2n) is 6.21. The zero-order valence-electron chi connectivity index (χ0n) is 11.6. The summed E-state index contributed by atoms with van der Waals surface area (Å²) in [6.45, 7) is 0.669. The molecule has 4 atom stereocenters. The van der Waals surface area contributed by atoms with Gasteiger partial charge in [-0.15, -0.1) is 0 Å². The first kappa shape index (κ1) is 12.6. The van der Waals surface area contributed by atoms with Gasteiger partial charge in [-0.3, -0.25) is 9.59 Å². The van der Waals surface area contributed by atoms with Crippen LogP contribution in [0.2, 0.25) is 0 Å². The number of fused-ring (bicyclic) bond motifs is 3. The number of anilines is 1. The van der Waals surface area contributed by atoms with E-state index in [-0.39, 0.29) is 17.7 Å². The molecule has 1 aromatic carbocycles. The average molecular weight is 283 g/mol. The van der Waals surface area contributed by atoms with Gasteiger partial charge in [0.25, 0.3) is 0 Å². The number of hydrogen-bond donors (Lipinski definition) is 1. The predicted molar refractivity (Wildman–Crippen MR) is 77.9 cm³/mol. The SMILES string of the molecule is O=C(O)[C@@H]1[C@@H](C(=O)N2CCc3ccccc32)[C@H]2C=C[C@H]1C2. The smallest absolute Gasteiger partial charge is 0.307 e. The summed E-state index contributed by atoms with van der Waals surface area (Å²) < 4.78 is 0. The molecule has 0 spiro atoms. The maximum absolute atomic E-state index is 12.9. The van der Waals surface area contributed by atoms with E-state index in [1.54, 1.807) is 4.90 Å². The van der Waals surface area contributed by atoms with Gasteiger partial charge in [0.15, 0.2) is 0 Å². The molecule has 0 radical (unpaired) electrons. The molecule has 0 unspecified atom stereocenters. The van der Waals surface area contributed by atoms with Crippen LogP contribution in [0.3, 0.4) is 0 Å². The van der Waals surface area contributed by atoms with Gasteiger partial charge in [0.2, 0.25) is 5.91 Å². The number of hydrogen-bond acceptors (Lipinski definition) is 2. The quantitative estimate of drug-likeness (QED) is 0.846. The molecule has 0 saturated heterocycles. The molecular formula is C17H17NO3. The summed E-state index contributed by atoms with van der Waals surface area (Å²) in [6, 6.07) is 7.91. The molecule has 21 heavy (non-hydrogen) atoms. The van der Waals surface area contributed by atoms with E-state index < -0.39 is 17.8 Å². The Hall–Kier alpha value is -2.10. The van der Waals surface area contributed by atoms with E-state index in [0.717, 1.165) is 18.5 Å². The minimum Gasteiger partial charge on any atom is -0.481 e. The first-order valence-corrected chi connectivity index (χ1v) is 7.47. The number of carboxylic acid groups (broad SMARTS) is 1. The van der Waals surface area contributed by atoms with Gasteiger partial charge >= 0.3 is 5.97 Å². The van der Waals surface area contributed by atoms with Crippen LogP contribution in [0.4, 0.5) is 5.69 Å². The molecule has 1 saturated carbocycles. The van der Waals surface area contributed by atoms with E-state index in [2.05, 4.69) is 0 Å². The maximum Gasteiger partial charge on any atom is 0.307 e. The van der Waals surface area contributed by atoms with Gasteiger partial charge in [-0.05, 0) is 36.3 Å². The molecule has 1 N–H and O–H groups in total. The van der Waals surface area contributed by atoms with Crippen LogP contribution >= 0.6 is 0 Å². The number of amides is 1. The Morgan fingerprint density at radius 2 is 1.81 bits per heavy atom. The highest BCUT2D eigenvalue weighted by Crippen LogP contribution is 2.49. The molecule has 4 heteroatoms. The molecule has 0 aromatic heterocycles. The molecule has 2 bridgehead atoms. The van der Waals surface area contributed by atoms with Crippen molar-refractivity contribution in [3.05, 3.63) is 42.0 Å². The third kappa shape index (κ3) is 1.75. The number of allylic oxidation sites excluding steroid dienone is 2. The van der Waals surface area contributed by atoms with Gasteiger partial charge < -0.3 is 10.0 Å². The van der Waals surface area contributed by atoms with Crippen LogP contribution in [0.5, 0.6) is 0 Å². The second kappa shape index (κ2) is 4.45. The second-order valence-corrected chi connectivity index (χ2v) is 6.21. The largest absolute Gasteiger partial charge is 0.481 e. The number of nitrogens with zero attached hydrogens (tertiary/aromatic N) is 1. The fourth-order valence-electron chi connectivity index (χ4n) is 4.24. The highest BCUT2D eigenvalue weighted by atomic mass is 16.4. The number of carbonyl (C=O) groups excluding carboxylic acids is 1. The highest BCUT2D eigenvalue weighted by molar-refractivity contribution is 5.99. The Morgan fingerprint density at radius 3 is 2.57 bits per heavy atom. The molecule has 1 heterocycles. The van der Waals surface area contributed by atoms with Crippen molar-refractivity contribution < 1.29 is 14.7 Å². The summed E-state index contributed by atoms with van der Waals surface area (Å²) >= 11 is 0.